The molecule has 0 aliphatic carbocycles. The van der Waals surface area contributed by atoms with Crippen LogP contribution in [0.1, 0.15) is 34.9 Å². The van der Waals surface area contributed by atoms with Crippen LogP contribution in [-0.4, -0.2) is 16.4 Å². The van der Waals surface area contributed by atoms with Crippen molar-refractivity contribution in [2.45, 2.75) is 40.8 Å². The Labute approximate surface area is 149 Å². The number of aryl methyl sites for hydroxylation is 3. The normalized spacial score (nSPS) is 11.4. The van der Waals surface area contributed by atoms with E-state index < -0.39 is 0 Å². The Hall–Kier alpha value is -2.39. The molecule has 0 saturated heterocycles. The molecule has 0 amide bonds. The summed E-state index contributed by atoms with van der Waals surface area (Å²) in [6.07, 6.45) is 0. The van der Waals surface area contributed by atoms with Gasteiger partial charge in [0.15, 0.2) is 5.43 Å². The van der Waals surface area contributed by atoms with E-state index in [0.717, 1.165) is 41.8 Å². The summed E-state index contributed by atoms with van der Waals surface area (Å²) >= 11 is 0. The van der Waals surface area contributed by atoms with Crippen molar-refractivity contribution >= 4 is 10.9 Å². The van der Waals surface area contributed by atoms with E-state index in [2.05, 4.69) is 61.8 Å². The molecule has 0 atom stereocenters. The van der Waals surface area contributed by atoms with Crippen molar-refractivity contribution in [3.8, 4) is 0 Å². The van der Waals surface area contributed by atoms with Crippen molar-refractivity contribution in [2.75, 3.05) is 6.54 Å². The van der Waals surface area contributed by atoms with Gasteiger partial charge in [-0.15, -0.1) is 0 Å². The fourth-order valence-corrected chi connectivity index (χ4v) is 3.17. The van der Waals surface area contributed by atoms with Crippen LogP contribution >= 0.6 is 0 Å². The van der Waals surface area contributed by atoms with Gasteiger partial charge >= 0.3 is 0 Å². The van der Waals surface area contributed by atoms with Gasteiger partial charge in [-0.3, -0.25) is 9.69 Å². The highest BCUT2D eigenvalue weighted by atomic mass is 16.1. The summed E-state index contributed by atoms with van der Waals surface area (Å²) in [4.78, 5) is 18.3. The molecule has 2 aromatic carbocycles. The maximum Gasteiger partial charge on any atom is 0.189 e. The minimum Gasteiger partial charge on any atom is -0.357 e. The molecular formula is C22H26N2O. The van der Waals surface area contributed by atoms with Crippen molar-refractivity contribution in [3.05, 3.63) is 80.6 Å². The van der Waals surface area contributed by atoms with Crippen LogP contribution in [0.2, 0.25) is 0 Å². The summed E-state index contributed by atoms with van der Waals surface area (Å²) in [5.41, 5.74) is 6.96. The number of aromatic amines is 1. The third kappa shape index (κ3) is 3.83. The zero-order valence-electron chi connectivity index (χ0n) is 15.5. The SMILES string of the molecule is CCN(Cc1ccc(C)cc1)Cc1cc(=O)c2ccc(C)c(C)c2[nH]1. The zero-order valence-corrected chi connectivity index (χ0v) is 15.5. The third-order valence-corrected chi connectivity index (χ3v) is 4.96. The van der Waals surface area contributed by atoms with Crippen LogP contribution in [-0.2, 0) is 13.1 Å². The van der Waals surface area contributed by atoms with E-state index in [1.807, 2.05) is 12.1 Å². The molecule has 1 N–H and O–H groups in total. The Kier molecular flexibility index (Phi) is 5.05. The number of H-pyrrole nitrogens is 1. The molecule has 25 heavy (non-hydrogen) atoms. The summed E-state index contributed by atoms with van der Waals surface area (Å²) in [7, 11) is 0. The average Bonchev–Trinajstić information content (AvgIpc) is 2.60. The van der Waals surface area contributed by atoms with Gasteiger partial charge in [-0.25, -0.2) is 0 Å². The van der Waals surface area contributed by atoms with Crippen LogP contribution in [0.4, 0.5) is 0 Å². The zero-order chi connectivity index (χ0) is 18.0. The number of fused-ring (bicyclic) bond motifs is 1. The summed E-state index contributed by atoms with van der Waals surface area (Å²) in [5.74, 6) is 0. The lowest BCUT2D eigenvalue weighted by atomic mass is 10.0. The van der Waals surface area contributed by atoms with Crippen LogP contribution in [0.25, 0.3) is 10.9 Å². The molecule has 0 fully saturated rings. The molecule has 1 heterocycles. The van der Waals surface area contributed by atoms with Gasteiger partial charge in [0.2, 0.25) is 0 Å². The molecule has 0 radical (unpaired) electrons. The molecule has 0 bridgehead atoms. The van der Waals surface area contributed by atoms with Gasteiger partial charge in [0.05, 0.1) is 5.52 Å². The largest absolute Gasteiger partial charge is 0.357 e. The van der Waals surface area contributed by atoms with Gasteiger partial charge < -0.3 is 4.98 Å². The minimum atomic E-state index is 0.0956. The first-order chi connectivity index (χ1) is 12.0. The van der Waals surface area contributed by atoms with Crippen LogP contribution in [0.3, 0.4) is 0 Å². The first-order valence-electron chi connectivity index (χ1n) is 8.88. The highest BCUT2D eigenvalue weighted by Gasteiger charge is 2.10. The van der Waals surface area contributed by atoms with Gasteiger partial charge in [0.1, 0.15) is 0 Å². The lowest BCUT2D eigenvalue weighted by Crippen LogP contribution is -2.24. The van der Waals surface area contributed by atoms with Crippen molar-refractivity contribution in [1.29, 1.82) is 0 Å². The standard InChI is InChI=1S/C22H26N2O/c1-5-24(13-18-9-6-15(2)7-10-18)14-19-12-21(25)20-11-8-16(3)17(4)22(20)23-19/h6-12H,5,13-14H2,1-4H3,(H,23,25). The molecule has 130 valence electrons. The number of pyridine rings is 1. The number of rotatable bonds is 5. The summed E-state index contributed by atoms with van der Waals surface area (Å²) in [6.45, 7) is 11.0. The predicted octanol–water partition coefficient (Wildman–Crippen LogP) is 4.48. The summed E-state index contributed by atoms with van der Waals surface area (Å²) < 4.78 is 0. The molecule has 0 aliphatic heterocycles. The van der Waals surface area contributed by atoms with Crippen LogP contribution in [0.15, 0.2) is 47.3 Å². The molecule has 0 aliphatic rings. The summed E-state index contributed by atoms with van der Waals surface area (Å²) in [6, 6.07) is 14.3. The second-order valence-corrected chi connectivity index (χ2v) is 6.88. The number of benzene rings is 2. The van der Waals surface area contributed by atoms with Gasteiger partial charge in [0, 0.05) is 30.2 Å². The fourth-order valence-electron chi connectivity index (χ4n) is 3.17. The van der Waals surface area contributed by atoms with E-state index in [1.54, 1.807) is 6.07 Å². The Morgan fingerprint density at radius 3 is 2.36 bits per heavy atom. The van der Waals surface area contributed by atoms with E-state index >= 15 is 0 Å². The number of nitrogens with zero attached hydrogens (tertiary/aromatic N) is 1. The van der Waals surface area contributed by atoms with Gasteiger partial charge in [-0.1, -0.05) is 42.8 Å². The molecule has 3 aromatic rings. The maximum absolute atomic E-state index is 12.5. The highest BCUT2D eigenvalue weighted by Crippen LogP contribution is 2.18. The number of hydrogen-bond acceptors (Lipinski definition) is 2. The topological polar surface area (TPSA) is 36.1 Å². The highest BCUT2D eigenvalue weighted by molar-refractivity contribution is 5.82. The smallest absolute Gasteiger partial charge is 0.189 e. The fraction of sp³-hybridized carbons (Fsp3) is 0.318. The van der Waals surface area contributed by atoms with Gasteiger partial charge in [0.25, 0.3) is 0 Å². The Morgan fingerprint density at radius 2 is 1.68 bits per heavy atom. The monoisotopic (exact) mass is 334 g/mol. The van der Waals surface area contributed by atoms with E-state index in [0.29, 0.717) is 0 Å². The second kappa shape index (κ2) is 7.24. The Morgan fingerprint density at radius 1 is 0.960 bits per heavy atom. The second-order valence-electron chi connectivity index (χ2n) is 6.88. The lowest BCUT2D eigenvalue weighted by Gasteiger charge is -2.21. The molecule has 0 saturated carbocycles. The molecular weight excluding hydrogens is 308 g/mol. The van der Waals surface area contributed by atoms with Crippen LogP contribution < -0.4 is 5.43 Å². The van der Waals surface area contributed by atoms with E-state index in [9.17, 15) is 4.79 Å². The van der Waals surface area contributed by atoms with E-state index in [-0.39, 0.29) is 5.43 Å². The van der Waals surface area contributed by atoms with Crippen molar-refractivity contribution < 1.29 is 0 Å². The Bertz CT molecular complexity index is 939. The molecule has 0 spiro atoms. The quantitative estimate of drug-likeness (QED) is 0.747. The molecule has 3 nitrogen and oxygen atoms in total. The number of nitrogens with one attached hydrogen (secondary N) is 1. The molecule has 1 aromatic heterocycles. The van der Waals surface area contributed by atoms with Crippen LogP contribution in [0.5, 0.6) is 0 Å². The molecule has 0 unspecified atom stereocenters. The average molecular weight is 334 g/mol. The van der Waals surface area contributed by atoms with Crippen molar-refractivity contribution in [1.82, 2.24) is 9.88 Å². The van der Waals surface area contributed by atoms with E-state index in [1.165, 1.54) is 16.7 Å². The first-order valence-corrected chi connectivity index (χ1v) is 8.88. The van der Waals surface area contributed by atoms with Crippen LogP contribution in [0, 0.1) is 20.8 Å². The maximum atomic E-state index is 12.5. The van der Waals surface area contributed by atoms with Gasteiger partial charge in [-0.05, 0) is 50.1 Å². The minimum absolute atomic E-state index is 0.0956. The Balaban J connectivity index is 1.89. The number of aromatic nitrogens is 1. The first kappa shape index (κ1) is 17.4. The predicted molar refractivity (Wildman–Crippen MR) is 105 cm³/mol. The summed E-state index contributed by atoms with van der Waals surface area (Å²) in [5, 5.41) is 0.772. The third-order valence-electron chi connectivity index (χ3n) is 4.96. The van der Waals surface area contributed by atoms with E-state index in [4.69, 9.17) is 0 Å². The lowest BCUT2D eigenvalue weighted by molar-refractivity contribution is 0.268. The molecule has 3 heteroatoms. The molecule has 3 rings (SSSR count). The van der Waals surface area contributed by atoms with Crippen molar-refractivity contribution in [3.63, 3.8) is 0 Å². The van der Waals surface area contributed by atoms with Crippen molar-refractivity contribution in [2.24, 2.45) is 0 Å². The number of hydrogen-bond donors (Lipinski definition) is 1. The van der Waals surface area contributed by atoms with Gasteiger partial charge in [-0.2, -0.15) is 0 Å².